The van der Waals surface area contributed by atoms with E-state index in [1.54, 1.807) is 0 Å². The van der Waals surface area contributed by atoms with Crippen molar-refractivity contribution in [3.05, 3.63) is 28.2 Å². The first kappa shape index (κ1) is 16.8. The number of unbranched alkanes of at least 4 members (excludes halogenated alkanes) is 1. The number of benzene rings is 1. The number of sulfonamides is 1. The molecule has 1 aromatic rings. The van der Waals surface area contributed by atoms with Crippen LogP contribution in [0.2, 0.25) is 0 Å². The summed E-state index contributed by atoms with van der Waals surface area (Å²) in [6, 6.07) is 6.32. The third-order valence-electron chi connectivity index (χ3n) is 3.56. The fraction of sp³-hybridized carbons (Fsp3) is 0.600. The van der Waals surface area contributed by atoms with Crippen LogP contribution in [0.4, 0.5) is 5.69 Å². The monoisotopic (exact) mass is 374 g/mol. The van der Waals surface area contributed by atoms with Crippen molar-refractivity contribution >= 4 is 31.6 Å². The maximum absolute atomic E-state index is 12.1. The average molecular weight is 375 g/mol. The highest BCUT2D eigenvalue weighted by molar-refractivity contribution is 9.10. The fourth-order valence-corrected chi connectivity index (χ4v) is 3.81. The Morgan fingerprint density at radius 2 is 2.05 bits per heavy atom. The van der Waals surface area contributed by atoms with Crippen LogP contribution in [0.5, 0.6) is 0 Å². The Balaban J connectivity index is 1.81. The summed E-state index contributed by atoms with van der Waals surface area (Å²) in [5.74, 6) is 0.179. The van der Waals surface area contributed by atoms with Crippen LogP contribution in [0.1, 0.15) is 38.2 Å². The van der Waals surface area contributed by atoms with E-state index in [4.69, 9.17) is 0 Å². The van der Waals surface area contributed by atoms with Crippen molar-refractivity contribution in [1.29, 1.82) is 0 Å². The second kappa shape index (κ2) is 7.61. The fourth-order valence-electron chi connectivity index (χ4n) is 2.18. The highest BCUT2D eigenvalue weighted by atomic mass is 79.9. The molecule has 6 heteroatoms. The predicted octanol–water partition coefficient (Wildman–Crippen LogP) is 3.29. The van der Waals surface area contributed by atoms with Crippen molar-refractivity contribution in [2.24, 2.45) is 0 Å². The van der Waals surface area contributed by atoms with Gasteiger partial charge in [-0.3, -0.25) is 4.72 Å². The van der Waals surface area contributed by atoms with Gasteiger partial charge in [0, 0.05) is 10.5 Å². The summed E-state index contributed by atoms with van der Waals surface area (Å²) in [4.78, 5) is 0. The molecule has 0 aromatic heterocycles. The van der Waals surface area contributed by atoms with Crippen molar-refractivity contribution in [3.63, 3.8) is 0 Å². The molecular formula is C15H23BrN2O2S. The van der Waals surface area contributed by atoms with Gasteiger partial charge in [0.2, 0.25) is 10.0 Å². The Labute approximate surface area is 135 Å². The first-order chi connectivity index (χ1) is 10.00. The second-order valence-electron chi connectivity index (χ2n) is 5.51. The minimum absolute atomic E-state index is 0.179. The highest BCUT2D eigenvalue weighted by Crippen LogP contribution is 2.23. The number of hydrogen-bond acceptors (Lipinski definition) is 3. The number of hydrogen-bond donors (Lipinski definition) is 2. The van der Waals surface area contributed by atoms with Gasteiger partial charge in [-0.15, -0.1) is 0 Å². The lowest BCUT2D eigenvalue weighted by Crippen LogP contribution is -2.21. The van der Waals surface area contributed by atoms with Crippen LogP contribution < -0.4 is 10.0 Å². The summed E-state index contributed by atoms with van der Waals surface area (Å²) in [5.41, 5.74) is 1.69. The van der Waals surface area contributed by atoms with Crippen LogP contribution in [0.3, 0.4) is 0 Å². The van der Waals surface area contributed by atoms with Gasteiger partial charge in [-0.1, -0.05) is 22.9 Å². The molecule has 2 N–H and O–H groups in total. The van der Waals surface area contributed by atoms with Gasteiger partial charge in [0.25, 0.3) is 0 Å². The van der Waals surface area contributed by atoms with E-state index in [1.807, 2.05) is 25.1 Å². The molecule has 0 unspecified atom stereocenters. The minimum Gasteiger partial charge on any atom is -0.314 e. The van der Waals surface area contributed by atoms with E-state index in [0.29, 0.717) is 18.2 Å². The normalized spacial score (nSPS) is 15.1. The van der Waals surface area contributed by atoms with E-state index in [2.05, 4.69) is 26.0 Å². The van der Waals surface area contributed by atoms with Crippen molar-refractivity contribution in [1.82, 2.24) is 5.32 Å². The molecule has 118 valence electrons. The van der Waals surface area contributed by atoms with Crippen LogP contribution in [0, 0.1) is 0 Å². The van der Waals surface area contributed by atoms with E-state index in [1.165, 1.54) is 12.8 Å². The third kappa shape index (κ3) is 5.96. The molecule has 0 radical (unpaired) electrons. The van der Waals surface area contributed by atoms with Gasteiger partial charge in [-0.05, 0) is 62.4 Å². The van der Waals surface area contributed by atoms with Gasteiger partial charge < -0.3 is 5.32 Å². The first-order valence-corrected chi connectivity index (χ1v) is 9.97. The number of anilines is 1. The highest BCUT2D eigenvalue weighted by Gasteiger charge is 2.19. The second-order valence-corrected chi connectivity index (χ2v) is 8.27. The van der Waals surface area contributed by atoms with E-state index < -0.39 is 10.0 Å². The van der Waals surface area contributed by atoms with Crippen molar-refractivity contribution in [2.75, 3.05) is 17.0 Å². The summed E-state index contributed by atoms with van der Waals surface area (Å²) >= 11 is 3.41. The molecule has 1 aromatic carbocycles. The third-order valence-corrected chi connectivity index (χ3v) is 5.41. The molecule has 1 aliphatic rings. The number of rotatable bonds is 9. The summed E-state index contributed by atoms with van der Waals surface area (Å²) in [6.07, 6.45) is 4.92. The largest absolute Gasteiger partial charge is 0.314 e. The molecule has 1 aliphatic carbocycles. The molecule has 4 nitrogen and oxygen atoms in total. The summed E-state index contributed by atoms with van der Waals surface area (Å²) in [6.45, 7) is 2.93. The van der Waals surface area contributed by atoms with E-state index in [0.717, 1.165) is 29.4 Å². The topological polar surface area (TPSA) is 58.2 Å². The Morgan fingerprint density at radius 3 is 2.71 bits per heavy atom. The van der Waals surface area contributed by atoms with Gasteiger partial charge >= 0.3 is 0 Å². The molecule has 0 saturated heterocycles. The van der Waals surface area contributed by atoms with Crippen LogP contribution in [0.15, 0.2) is 22.7 Å². The zero-order chi connectivity index (χ0) is 15.3. The average Bonchev–Trinajstić information content (AvgIpc) is 3.24. The SMILES string of the molecule is CCc1cc(Br)ccc1NS(=O)(=O)CCCCNC1CC1. The maximum Gasteiger partial charge on any atom is 0.232 e. The van der Waals surface area contributed by atoms with Gasteiger partial charge in [0.1, 0.15) is 0 Å². The quantitative estimate of drug-likeness (QED) is 0.652. The number of aryl methyl sites for hydroxylation is 1. The van der Waals surface area contributed by atoms with E-state index in [9.17, 15) is 8.42 Å². The van der Waals surface area contributed by atoms with Gasteiger partial charge in [-0.25, -0.2) is 8.42 Å². The lowest BCUT2D eigenvalue weighted by atomic mass is 10.1. The van der Waals surface area contributed by atoms with Crippen LogP contribution in [-0.4, -0.2) is 26.8 Å². The summed E-state index contributed by atoms with van der Waals surface area (Å²) in [5, 5.41) is 3.40. The summed E-state index contributed by atoms with van der Waals surface area (Å²) in [7, 11) is -3.26. The molecule has 1 saturated carbocycles. The molecule has 2 rings (SSSR count). The summed E-state index contributed by atoms with van der Waals surface area (Å²) < 4.78 is 27.9. The Kier molecular flexibility index (Phi) is 6.08. The van der Waals surface area contributed by atoms with Gasteiger partial charge in [-0.2, -0.15) is 0 Å². The minimum atomic E-state index is -3.26. The molecule has 0 heterocycles. The molecule has 0 bridgehead atoms. The first-order valence-electron chi connectivity index (χ1n) is 7.52. The Morgan fingerprint density at radius 1 is 1.29 bits per heavy atom. The molecule has 21 heavy (non-hydrogen) atoms. The maximum atomic E-state index is 12.1. The van der Waals surface area contributed by atoms with E-state index in [-0.39, 0.29) is 5.75 Å². The van der Waals surface area contributed by atoms with Gasteiger partial charge in [0.05, 0.1) is 11.4 Å². The van der Waals surface area contributed by atoms with Crippen molar-refractivity contribution in [2.45, 2.75) is 45.1 Å². The van der Waals surface area contributed by atoms with E-state index >= 15 is 0 Å². The smallest absolute Gasteiger partial charge is 0.232 e. The molecule has 0 spiro atoms. The standard InChI is InChI=1S/C15H23BrN2O2S/c1-2-12-11-13(16)5-8-15(12)18-21(19,20)10-4-3-9-17-14-6-7-14/h5,8,11,14,17-18H,2-4,6-7,9-10H2,1H3. The van der Waals surface area contributed by atoms with Crippen LogP contribution in [-0.2, 0) is 16.4 Å². The number of halogens is 1. The van der Waals surface area contributed by atoms with Crippen molar-refractivity contribution < 1.29 is 8.42 Å². The Bertz CT molecular complexity index is 571. The molecule has 0 aliphatic heterocycles. The van der Waals surface area contributed by atoms with Crippen LogP contribution in [0.25, 0.3) is 0 Å². The zero-order valence-corrected chi connectivity index (χ0v) is 14.8. The Hall–Kier alpha value is -0.590. The molecule has 0 atom stereocenters. The lowest BCUT2D eigenvalue weighted by Gasteiger charge is -2.12. The number of nitrogens with one attached hydrogen (secondary N) is 2. The van der Waals surface area contributed by atoms with Crippen molar-refractivity contribution in [3.8, 4) is 0 Å². The molecular weight excluding hydrogens is 352 g/mol. The van der Waals surface area contributed by atoms with Gasteiger partial charge in [0.15, 0.2) is 0 Å². The lowest BCUT2D eigenvalue weighted by molar-refractivity contribution is 0.591. The zero-order valence-electron chi connectivity index (χ0n) is 12.4. The molecule has 0 amide bonds. The molecule has 1 fully saturated rings. The van der Waals surface area contributed by atoms with Crippen LogP contribution >= 0.6 is 15.9 Å². The predicted molar refractivity (Wildman–Crippen MR) is 91.2 cm³/mol.